The molecule has 186 valence electrons. The fourth-order valence-electron chi connectivity index (χ4n) is 3.19. The lowest BCUT2D eigenvalue weighted by Gasteiger charge is -2.32. The van der Waals surface area contributed by atoms with Crippen molar-refractivity contribution in [1.82, 2.24) is 10.2 Å². The first-order valence-electron chi connectivity index (χ1n) is 10.9. The number of hydrogen-bond acceptors (Lipinski definition) is 4. The highest BCUT2D eigenvalue weighted by Gasteiger charge is 2.30. The van der Waals surface area contributed by atoms with Gasteiger partial charge in [-0.05, 0) is 62.6 Å². The van der Waals surface area contributed by atoms with Crippen LogP contribution in [0.2, 0.25) is 5.02 Å². The van der Waals surface area contributed by atoms with Crippen LogP contribution < -0.4 is 9.62 Å². The zero-order valence-electron chi connectivity index (χ0n) is 20.0. The second-order valence-corrected chi connectivity index (χ2v) is 11.6. The molecule has 0 bridgehead atoms. The number of rotatable bonds is 10. The van der Waals surface area contributed by atoms with Crippen molar-refractivity contribution in [1.29, 1.82) is 0 Å². The number of aryl methyl sites for hydroxylation is 1. The summed E-state index contributed by atoms with van der Waals surface area (Å²) in [6.45, 7) is 6.97. The van der Waals surface area contributed by atoms with Gasteiger partial charge in [0.15, 0.2) is 0 Å². The average Bonchev–Trinajstić information content (AvgIpc) is 2.77. The first kappa shape index (κ1) is 28.1. The molecular weight excluding hydrogens is 542 g/mol. The Morgan fingerprint density at radius 2 is 1.74 bits per heavy atom. The Labute approximate surface area is 215 Å². The van der Waals surface area contributed by atoms with Gasteiger partial charge in [0.1, 0.15) is 12.6 Å². The van der Waals surface area contributed by atoms with Crippen molar-refractivity contribution in [3.05, 3.63) is 63.1 Å². The molecule has 0 aliphatic heterocycles. The molecule has 0 saturated heterocycles. The lowest BCUT2D eigenvalue weighted by Crippen LogP contribution is -2.52. The van der Waals surface area contributed by atoms with Crippen LogP contribution in [0.5, 0.6) is 0 Å². The number of benzene rings is 2. The van der Waals surface area contributed by atoms with Gasteiger partial charge < -0.3 is 10.2 Å². The summed E-state index contributed by atoms with van der Waals surface area (Å²) in [6, 6.07) is 11.3. The van der Waals surface area contributed by atoms with Crippen LogP contribution in [0, 0.1) is 6.92 Å². The van der Waals surface area contributed by atoms with Gasteiger partial charge >= 0.3 is 0 Å². The highest BCUT2D eigenvalue weighted by molar-refractivity contribution is 9.10. The van der Waals surface area contributed by atoms with Gasteiger partial charge in [-0.2, -0.15) is 0 Å². The van der Waals surface area contributed by atoms with E-state index in [4.69, 9.17) is 11.6 Å². The molecule has 2 atom stereocenters. The van der Waals surface area contributed by atoms with Gasteiger partial charge in [-0.3, -0.25) is 13.9 Å². The van der Waals surface area contributed by atoms with Crippen molar-refractivity contribution >= 4 is 55.1 Å². The summed E-state index contributed by atoms with van der Waals surface area (Å²) >= 11 is 9.60. The minimum Gasteiger partial charge on any atom is -0.352 e. The van der Waals surface area contributed by atoms with Crippen LogP contribution in [0.15, 0.2) is 46.9 Å². The molecule has 10 heteroatoms. The zero-order valence-corrected chi connectivity index (χ0v) is 23.2. The van der Waals surface area contributed by atoms with E-state index < -0.39 is 28.5 Å². The van der Waals surface area contributed by atoms with Crippen LogP contribution >= 0.6 is 27.5 Å². The molecule has 2 aromatic rings. The standard InChI is InChI=1S/C24H31BrClN3O4S/c1-6-17(3)27-24(31)18(4)28(14-19-8-10-20(25)11-9-19)23(30)15-29(34(5,32)33)21-12-7-16(2)22(26)13-21/h7-13,17-18H,6,14-15H2,1-5H3,(H,27,31). The molecule has 2 aromatic carbocycles. The molecule has 0 radical (unpaired) electrons. The molecule has 7 nitrogen and oxygen atoms in total. The summed E-state index contributed by atoms with van der Waals surface area (Å²) in [6.07, 6.45) is 1.78. The molecule has 0 fully saturated rings. The molecule has 0 heterocycles. The first-order chi connectivity index (χ1) is 15.8. The summed E-state index contributed by atoms with van der Waals surface area (Å²) < 4.78 is 27.1. The van der Waals surface area contributed by atoms with E-state index in [1.165, 1.54) is 11.0 Å². The van der Waals surface area contributed by atoms with Crippen LogP contribution in [0.4, 0.5) is 5.69 Å². The Kier molecular flexibility index (Phi) is 9.96. The number of carbonyl (C=O) groups is 2. The molecule has 0 aliphatic carbocycles. The average molecular weight is 573 g/mol. The molecule has 34 heavy (non-hydrogen) atoms. The van der Waals surface area contributed by atoms with Gasteiger partial charge in [-0.15, -0.1) is 0 Å². The number of nitrogens with one attached hydrogen (secondary N) is 1. The predicted octanol–water partition coefficient (Wildman–Crippen LogP) is 4.51. The molecule has 0 saturated carbocycles. The lowest BCUT2D eigenvalue weighted by molar-refractivity contribution is -0.139. The van der Waals surface area contributed by atoms with Crippen molar-refractivity contribution in [2.45, 2.75) is 52.7 Å². The molecule has 1 N–H and O–H groups in total. The Balaban J connectivity index is 2.39. The van der Waals surface area contributed by atoms with E-state index >= 15 is 0 Å². The largest absolute Gasteiger partial charge is 0.352 e. The Morgan fingerprint density at radius 3 is 2.26 bits per heavy atom. The molecule has 2 amide bonds. The molecule has 0 spiro atoms. The molecule has 2 rings (SSSR count). The Morgan fingerprint density at radius 1 is 1.12 bits per heavy atom. The van der Waals surface area contributed by atoms with Gasteiger partial charge in [0, 0.05) is 22.1 Å². The van der Waals surface area contributed by atoms with Gasteiger partial charge in [-0.1, -0.05) is 52.7 Å². The van der Waals surface area contributed by atoms with Crippen LogP contribution in [-0.2, 0) is 26.2 Å². The smallest absolute Gasteiger partial charge is 0.244 e. The maximum absolute atomic E-state index is 13.5. The number of anilines is 1. The molecular formula is C24H31BrClN3O4S. The number of hydrogen-bond donors (Lipinski definition) is 1. The van der Waals surface area contributed by atoms with Crippen LogP contribution in [-0.4, -0.2) is 50.0 Å². The Hall–Kier alpha value is -2.10. The van der Waals surface area contributed by atoms with Crippen molar-refractivity contribution in [2.24, 2.45) is 0 Å². The number of sulfonamides is 1. The van der Waals surface area contributed by atoms with E-state index in [0.29, 0.717) is 5.02 Å². The third-order valence-corrected chi connectivity index (χ3v) is 7.63. The van der Waals surface area contributed by atoms with E-state index in [1.54, 1.807) is 26.0 Å². The zero-order chi connectivity index (χ0) is 25.6. The van der Waals surface area contributed by atoms with Crippen LogP contribution in [0.1, 0.15) is 38.3 Å². The summed E-state index contributed by atoms with van der Waals surface area (Å²) in [5.41, 5.74) is 1.88. The van der Waals surface area contributed by atoms with E-state index in [1.807, 2.05) is 38.1 Å². The van der Waals surface area contributed by atoms with Gasteiger partial charge in [-0.25, -0.2) is 8.42 Å². The van der Waals surface area contributed by atoms with Gasteiger partial charge in [0.25, 0.3) is 0 Å². The van der Waals surface area contributed by atoms with E-state index in [-0.39, 0.29) is 24.2 Å². The molecule has 0 aliphatic rings. The summed E-state index contributed by atoms with van der Waals surface area (Å²) in [5.74, 6) is -0.805. The third-order valence-electron chi connectivity index (χ3n) is 5.56. The van der Waals surface area contributed by atoms with Crippen LogP contribution in [0.3, 0.4) is 0 Å². The summed E-state index contributed by atoms with van der Waals surface area (Å²) in [7, 11) is -3.80. The topological polar surface area (TPSA) is 86.8 Å². The number of halogens is 2. The molecule has 2 unspecified atom stereocenters. The van der Waals surface area contributed by atoms with Crippen molar-refractivity contribution in [3.63, 3.8) is 0 Å². The van der Waals surface area contributed by atoms with Crippen molar-refractivity contribution in [3.8, 4) is 0 Å². The van der Waals surface area contributed by atoms with Gasteiger partial charge in [0.2, 0.25) is 21.8 Å². The minimum atomic E-state index is -3.80. The third kappa shape index (κ3) is 7.71. The fourth-order valence-corrected chi connectivity index (χ4v) is 4.47. The van der Waals surface area contributed by atoms with E-state index in [2.05, 4.69) is 21.2 Å². The highest BCUT2D eigenvalue weighted by atomic mass is 79.9. The predicted molar refractivity (Wildman–Crippen MR) is 140 cm³/mol. The van der Waals surface area contributed by atoms with Gasteiger partial charge in [0.05, 0.1) is 11.9 Å². The normalized spacial score (nSPS) is 13.1. The number of nitrogens with zero attached hydrogens (tertiary/aromatic N) is 2. The quantitative estimate of drug-likeness (QED) is 0.454. The SMILES string of the molecule is CCC(C)NC(=O)C(C)N(Cc1ccc(Br)cc1)C(=O)CN(c1ccc(C)c(Cl)c1)S(C)(=O)=O. The summed E-state index contributed by atoms with van der Waals surface area (Å²) in [4.78, 5) is 27.8. The highest BCUT2D eigenvalue weighted by Crippen LogP contribution is 2.25. The molecule has 0 aromatic heterocycles. The van der Waals surface area contributed by atoms with Crippen molar-refractivity contribution < 1.29 is 18.0 Å². The van der Waals surface area contributed by atoms with Crippen molar-refractivity contribution in [2.75, 3.05) is 17.1 Å². The fraction of sp³-hybridized carbons (Fsp3) is 0.417. The number of carbonyl (C=O) groups excluding carboxylic acids is 2. The first-order valence-corrected chi connectivity index (χ1v) is 13.9. The monoisotopic (exact) mass is 571 g/mol. The lowest BCUT2D eigenvalue weighted by atomic mass is 10.1. The van der Waals surface area contributed by atoms with E-state index in [0.717, 1.165) is 32.6 Å². The second kappa shape index (κ2) is 12.0. The Bertz CT molecular complexity index is 1130. The van der Waals surface area contributed by atoms with E-state index in [9.17, 15) is 18.0 Å². The second-order valence-electron chi connectivity index (χ2n) is 8.35. The van der Waals surface area contributed by atoms with Crippen LogP contribution in [0.25, 0.3) is 0 Å². The maximum Gasteiger partial charge on any atom is 0.244 e. The minimum absolute atomic E-state index is 0.0539. The maximum atomic E-state index is 13.5. The number of amides is 2. The summed E-state index contributed by atoms with van der Waals surface area (Å²) in [5, 5.41) is 3.29.